The predicted molar refractivity (Wildman–Crippen MR) is 207 cm³/mol. The summed E-state index contributed by atoms with van der Waals surface area (Å²) in [5, 5.41) is 7.62. The van der Waals surface area contributed by atoms with E-state index in [4.69, 9.17) is 14.7 Å². The van der Waals surface area contributed by atoms with E-state index in [1.54, 1.807) is 0 Å². The number of alkyl carbamates (subject to hydrolysis) is 1. The zero-order valence-electron chi connectivity index (χ0n) is 31.9. The number of aromatic nitrogens is 4. The van der Waals surface area contributed by atoms with Gasteiger partial charge in [-0.05, 0) is 84.7 Å². The minimum absolute atomic E-state index is 0.0375. The van der Waals surface area contributed by atoms with Gasteiger partial charge in [-0.1, -0.05) is 52.0 Å². The average molecular weight is 735 g/mol. The first-order valence-corrected chi connectivity index (χ1v) is 19.1. The minimum atomic E-state index is -0.695. The molecule has 4 amide bonds. The SMILES string of the molecule is COC(=O)N[C@H](C(=O)N1CCC[C@H]1c1nc2c(ccc3cc(-c4ccc5nc([C@@H]6CCCCN6C(=O)[C@@H](NC(C)=O)C(C)C)[nH]c5c4)ccc32)[nH]1)C(C)C. The highest BCUT2D eigenvalue weighted by Gasteiger charge is 2.38. The zero-order valence-corrected chi connectivity index (χ0v) is 31.9. The quantitative estimate of drug-likeness (QED) is 0.134. The molecule has 3 aromatic carbocycles. The number of carbonyl (C=O) groups excluding carboxylic acids is 4. The molecule has 2 aromatic heterocycles. The molecule has 0 bridgehead atoms. The van der Waals surface area contributed by atoms with Crippen molar-refractivity contribution in [1.82, 2.24) is 40.4 Å². The molecule has 0 saturated carbocycles. The monoisotopic (exact) mass is 734 g/mol. The smallest absolute Gasteiger partial charge is 0.407 e. The molecule has 0 aliphatic carbocycles. The van der Waals surface area contributed by atoms with Gasteiger partial charge < -0.3 is 35.1 Å². The first-order valence-electron chi connectivity index (χ1n) is 19.1. The van der Waals surface area contributed by atoms with Crippen LogP contribution >= 0.6 is 0 Å². The van der Waals surface area contributed by atoms with Crippen molar-refractivity contribution in [3.8, 4) is 11.1 Å². The summed E-state index contributed by atoms with van der Waals surface area (Å²) >= 11 is 0. The number of rotatable bonds is 9. The average Bonchev–Trinajstić information content (AvgIpc) is 3.93. The number of nitrogens with zero attached hydrogens (tertiary/aromatic N) is 4. The van der Waals surface area contributed by atoms with E-state index in [1.165, 1.54) is 14.0 Å². The molecule has 0 unspecified atom stereocenters. The summed E-state index contributed by atoms with van der Waals surface area (Å²) in [5.74, 6) is 0.933. The third-order valence-electron chi connectivity index (χ3n) is 11.0. The molecule has 4 atom stereocenters. The Bertz CT molecular complexity index is 2220. The second-order valence-electron chi connectivity index (χ2n) is 15.4. The van der Waals surface area contributed by atoms with Crippen LogP contribution in [0.1, 0.15) is 90.5 Å². The van der Waals surface area contributed by atoms with Crippen molar-refractivity contribution in [2.45, 2.75) is 90.9 Å². The summed E-state index contributed by atoms with van der Waals surface area (Å²) in [6, 6.07) is 15.0. The van der Waals surface area contributed by atoms with Crippen molar-refractivity contribution >= 4 is 56.7 Å². The lowest BCUT2D eigenvalue weighted by Crippen LogP contribution is -2.52. The second-order valence-corrected chi connectivity index (χ2v) is 15.4. The molecule has 5 aromatic rings. The molecule has 7 rings (SSSR count). The lowest BCUT2D eigenvalue weighted by atomic mass is 9.97. The molecule has 2 aliphatic heterocycles. The third-order valence-corrected chi connectivity index (χ3v) is 11.0. The Morgan fingerprint density at radius 3 is 2.04 bits per heavy atom. The molecular weight excluding hydrogens is 685 g/mol. The minimum Gasteiger partial charge on any atom is -0.453 e. The molecule has 4 heterocycles. The summed E-state index contributed by atoms with van der Waals surface area (Å²) in [5.41, 5.74) is 5.56. The summed E-state index contributed by atoms with van der Waals surface area (Å²) in [6.45, 7) is 10.4. The number of hydrogen-bond donors (Lipinski definition) is 4. The van der Waals surface area contributed by atoms with Gasteiger partial charge in [0.15, 0.2) is 0 Å². The largest absolute Gasteiger partial charge is 0.453 e. The van der Waals surface area contributed by atoms with E-state index in [-0.39, 0.29) is 41.6 Å². The van der Waals surface area contributed by atoms with Gasteiger partial charge in [-0.2, -0.15) is 0 Å². The summed E-state index contributed by atoms with van der Waals surface area (Å²) in [7, 11) is 1.29. The number of ether oxygens (including phenoxy) is 1. The van der Waals surface area contributed by atoms with Gasteiger partial charge >= 0.3 is 6.09 Å². The number of carbonyl (C=O) groups is 4. The summed E-state index contributed by atoms with van der Waals surface area (Å²) in [6.07, 6.45) is 3.71. The predicted octanol–water partition coefficient (Wildman–Crippen LogP) is 6.52. The fourth-order valence-corrected chi connectivity index (χ4v) is 8.11. The maximum atomic E-state index is 13.7. The molecule has 2 saturated heterocycles. The fraction of sp³-hybridized carbons (Fsp3) is 0.463. The molecule has 13 nitrogen and oxygen atoms in total. The Kier molecular flexibility index (Phi) is 10.3. The van der Waals surface area contributed by atoms with E-state index >= 15 is 0 Å². The Morgan fingerprint density at radius 2 is 1.35 bits per heavy atom. The van der Waals surface area contributed by atoms with Crippen molar-refractivity contribution in [3.05, 3.63) is 60.2 Å². The molecule has 4 N–H and O–H groups in total. The van der Waals surface area contributed by atoms with Gasteiger partial charge in [-0.25, -0.2) is 14.8 Å². The Hall–Kier alpha value is -5.46. The number of H-pyrrole nitrogens is 2. The highest BCUT2D eigenvalue weighted by atomic mass is 16.5. The molecule has 284 valence electrons. The van der Waals surface area contributed by atoms with Crippen molar-refractivity contribution in [3.63, 3.8) is 0 Å². The number of fused-ring (bicyclic) bond motifs is 4. The second kappa shape index (κ2) is 15.1. The molecule has 0 radical (unpaired) electrons. The number of benzene rings is 3. The molecule has 2 fully saturated rings. The van der Waals surface area contributed by atoms with Crippen LogP contribution in [0.4, 0.5) is 4.79 Å². The number of amides is 4. The van der Waals surface area contributed by atoms with Gasteiger partial charge in [0.05, 0.1) is 41.3 Å². The summed E-state index contributed by atoms with van der Waals surface area (Å²) in [4.78, 5) is 72.1. The van der Waals surface area contributed by atoms with E-state index in [1.807, 2.05) is 49.6 Å². The first-order chi connectivity index (χ1) is 25.9. The van der Waals surface area contributed by atoms with Crippen LogP contribution in [0.15, 0.2) is 48.5 Å². The molecule has 54 heavy (non-hydrogen) atoms. The van der Waals surface area contributed by atoms with Crippen molar-refractivity contribution in [1.29, 1.82) is 0 Å². The molecule has 0 spiro atoms. The van der Waals surface area contributed by atoms with Crippen LogP contribution in [0.3, 0.4) is 0 Å². The van der Waals surface area contributed by atoms with Crippen LogP contribution in [0.2, 0.25) is 0 Å². The number of hydrogen-bond acceptors (Lipinski definition) is 7. The molecular formula is C41H50N8O5. The maximum Gasteiger partial charge on any atom is 0.407 e. The third kappa shape index (κ3) is 7.11. The van der Waals surface area contributed by atoms with Crippen molar-refractivity contribution < 1.29 is 23.9 Å². The lowest BCUT2D eigenvalue weighted by molar-refractivity contribution is -0.141. The molecule has 2 aliphatic rings. The maximum absolute atomic E-state index is 13.7. The van der Waals surface area contributed by atoms with Gasteiger partial charge in [0.25, 0.3) is 0 Å². The Morgan fingerprint density at radius 1 is 0.741 bits per heavy atom. The molecule has 13 heteroatoms. The topological polar surface area (TPSA) is 165 Å². The fourth-order valence-electron chi connectivity index (χ4n) is 8.11. The van der Waals surface area contributed by atoms with Gasteiger partial charge in [0.2, 0.25) is 17.7 Å². The van der Waals surface area contributed by atoms with Crippen molar-refractivity contribution in [2.24, 2.45) is 11.8 Å². The summed E-state index contributed by atoms with van der Waals surface area (Å²) < 4.78 is 4.78. The number of methoxy groups -OCH3 is 1. The van der Waals surface area contributed by atoms with Crippen LogP contribution in [0.25, 0.3) is 44.0 Å². The first kappa shape index (κ1) is 36.9. The van der Waals surface area contributed by atoms with Crippen LogP contribution < -0.4 is 10.6 Å². The standard InChI is InChI=1S/C41H50N8O5/c1-22(2)34(42-24(5)50)39(51)48-18-8-7-10-32(48)37-43-29-16-13-26(21-31(29)45-37)25-12-15-28-27(20-25)14-17-30-36(28)46-38(44-30)33-11-9-19-49(33)40(52)35(23(3)4)47-41(53)54-6/h12-17,20-23,32-35H,7-11,18-19H2,1-6H3,(H,42,50)(H,43,45)(H,44,46)(H,47,53)/t32-,33-,34-,35-/m0/s1. The lowest BCUT2D eigenvalue weighted by Gasteiger charge is -2.37. The van der Waals surface area contributed by atoms with Crippen LogP contribution in [0, 0.1) is 11.8 Å². The van der Waals surface area contributed by atoms with Crippen molar-refractivity contribution in [2.75, 3.05) is 20.2 Å². The number of aromatic amines is 2. The number of nitrogens with one attached hydrogen (secondary N) is 4. The van der Waals surface area contributed by atoms with Gasteiger partial charge in [0.1, 0.15) is 23.7 Å². The van der Waals surface area contributed by atoms with Gasteiger partial charge in [-0.3, -0.25) is 14.4 Å². The van der Waals surface area contributed by atoms with E-state index in [9.17, 15) is 19.2 Å². The Labute approximate surface area is 314 Å². The van der Waals surface area contributed by atoms with E-state index in [0.29, 0.717) is 13.1 Å². The normalized spacial score (nSPS) is 18.8. The van der Waals surface area contributed by atoms with Crippen LogP contribution in [-0.2, 0) is 19.1 Å². The zero-order chi connectivity index (χ0) is 38.3. The Balaban J connectivity index is 1.14. The van der Waals surface area contributed by atoms with Gasteiger partial charge in [-0.15, -0.1) is 0 Å². The van der Waals surface area contributed by atoms with Crippen LogP contribution in [0.5, 0.6) is 0 Å². The van der Waals surface area contributed by atoms with E-state index in [0.717, 1.165) is 87.7 Å². The highest BCUT2D eigenvalue weighted by Crippen LogP contribution is 2.36. The highest BCUT2D eigenvalue weighted by molar-refractivity contribution is 6.05. The van der Waals surface area contributed by atoms with E-state index < -0.39 is 18.2 Å². The van der Waals surface area contributed by atoms with Gasteiger partial charge in [0, 0.05) is 25.4 Å². The van der Waals surface area contributed by atoms with Crippen LogP contribution in [-0.4, -0.2) is 85.8 Å². The number of piperidine rings is 1. The van der Waals surface area contributed by atoms with E-state index in [2.05, 4.69) is 57.0 Å². The number of likely N-dealkylation sites (tertiary alicyclic amines) is 2. The number of imidazole rings is 2.